The Balaban J connectivity index is 0.974. The molecule has 2 aromatic carbocycles. The average Bonchev–Trinajstić information content (AvgIpc) is 3.31. The number of hydrogen-bond acceptors (Lipinski definition) is 9. The van der Waals surface area contributed by atoms with Crippen LogP contribution in [0.2, 0.25) is 0 Å². The first-order valence-corrected chi connectivity index (χ1v) is 17.0. The molecule has 0 aliphatic carbocycles. The normalized spacial score (nSPS) is 24.0. The summed E-state index contributed by atoms with van der Waals surface area (Å²) < 4.78 is 48.5. The zero-order chi connectivity index (χ0) is 34.4. The van der Waals surface area contributed by atoms with Gasteiger partial charge in [-0.05, 0) is 110 Å². The Bertz CT molecular complexity index is 2010. The average molecular weight is 669 g/mol. The molecule has 3 aliphatic rings. The van der Waals surface area contributed by atoms with Crippen molar-refractivity contribution in [3.05, 3.63) is 94.1 Å². The predicted octanol–water partition coefficient (Wildman–Crippen LogP) is 8.88. The largest absolute Gasteiger partial charge is 0.489 e. The van der Waals surface area contributed by atoms with Crippen molar-refractivity contribution in [3.8, 4) is 17.2 Å². The van der Waals surface area contributed by atoms with Crippen LogP contribution in [0.25, 0.3) is 28.0 Å². The van der Waals surface area contributed by atoms with E-state index in [0.717, 1.165) is 47.6 Å². The van der Waals surface area contributed by atoms with Crippen LogP contribution in [0.4, 0.5) is 0 Å². The van der Waals surface area contributed by atoms with Crippen molar-refractivity contribution >= 4 is 28.0 Å². The van der Waals surface area contributed by atoms with Gasteiger partial charge in [-0.2, -0.15) is 0 Å². The third kappa shape index (κ3) is 7.20. The summed E-state index contributed by atoms with van der Waals surface area (Å²) in [6.07, 6.45) is 13.2. The van der Waals surface area contributed by atoms with Crippen LogP contribution in [0.3, 0.4) is 0 Å². The number of epoxide rings is 1. The van der Waals surface area contributed by atoms with Crippen molar-refractivity contribution in [2.24, 2.45) is 0 Å². The lowest BCUT2D eigenvalue weighted by Crippen LogP contribution is -2.38. The molecule has 2 unspecified atom stereocenters. The number of allylic oxidation sites excluding steroid dienone is 2. The van der Waals surface area contributed by atoms with Crippen LogP contribution < -0.4 is 19.8 Å². The summed E-state index contributed by atoms with van der Waals surface area (Å²) in [6.45, 7) is 13.3. The summed E-state index contributed by atoms with van der Waals surface area (Å²) in [5, 5.41) is 1.73. The molecule has 2 saturated heterocycles. The zero-order valence-electron chi connectivity index (χ0n) is 29.0. The summed E-state index contributed by atoms with van der Waals surface area (Å²) in [6, 6.07) is 12.4. The Morgan fingerprint density at radius 3 is 2.27 bits per heavy atom. The SMILES string of the molecule is C/C(=C\COc1c2c(cc3occc13)OC1(C=C2)O[C@H](CC/C(C)=C/COc2ccc3ccc(=O)oc3c2)C(C)(C)O1)CCC1OC1(C)C. The molecule has 7 rings (SSSR count). The molecule has 1 spiro atoms. The van der Waals surface area contributed by atoms with Gasteiger partial charge in [0, 0.05) is 29.7 Å². The minimum Gasteiger partial charge on any atom is -0.489 e. The van der Waals surface area contributed by atoms with Gasteiger partial charge < -0.3 is 37.3 Å². The second-order valence-electron chi connectivity index (χ2n) is 14.3. The molecule has 0 bridgehead atoms. The molecule has 49 heavy (non-hydrogen) atoms. The van der Waals surface area contributed by atoms with Crippen LogP contribution in [0, 0.1) is 0 Å². The molecule has 0 N–H and O–H groups in total. The molecule has 9 nitrogen and oxygen atoms in total. The third-order valence-electron chi connectivity index (χ3n) is 9.61. The number of rotatable bonds is 12. The molecule has 258 valence electrons. The van der Waals surface area contributed by atoms with E-state index in [-0.39, 0.29) is 17.3 Å². The molecule has 0 amide bonds. The maximum Gasteiger partial charge on any atom is 0.350 e. The van der Waals surface area contributed by atoms with Gasteiger partial charge in [0.2, 0.25) is 0 Å². The van der Waals surface area contributed by atoms with Gasteiger partial charge in [0.1, 0.15) is 41.6 Å². The standard InChI is InChI=1S/C40H44O9/c1-25(16-20-42-28-11-9-27-10-14-36(41)45-31(27)23-28)8-13-35-39(5,6)49-40(48-35)19-15-29-33(46-40)24-32-30(18-22-43-32)37(29)44-21-17-26(2)7-12-34-38(3,4)47-34/h9-11,14-19,22-24,34-35H,7-8,12-13,20-21H2,1-6H3/b25-16+,26-17+/t34?,35-,40?/m1/s1. The molecule has 2 fully saturated rings. The fourth-order valence-electron chi connectivity index (χ4n) is 6.50. The van der Waals surface area contributed by atoms with E-state index >= 15 is 0 Å². The summed E-state index contributed by atoms with van der Waals surface area (Å²) in [5.41, 5.74) is 3.43. The fourth-order valence-corrected chi connectivity index (χ4v) is 6.50. The predicted molar refractivity (Wildman–Crippen MR) is 187 cm³/mol. The Labute approximate surface area is 286 Å². The molecule has 2 aromatic heterocycles. The number of ether oxygens (including phenoxy) is 6. The Hall–Kier alpha value is -4.31. The van der Waals surface area contributed by atoms with E-state index in [0.29, 0.717) is 47.7 Å². The van der Waals surface area contributed by atoms with Crippen molar-refractivity contribution < 1.29 is 37.3 Å². The molecule has 9 heteroatoms. The summed E-state index contributed by atoms with van der Waals surface area (Å²) in [5.74, 6) is 0.553. The van der Waals surface area contributed by atoms with Crippen LogP contribution in [0.5, 0.6) is 17.2 Å². The third-order valence-corrected chi connectivity index (χ3v) is 9.61. The van der Waals surface area contributed by atoms with E-state index in [1.807, 2.05) is 56.3 Å². The van der Waals surface area contributed by atoms with Crippen molar-refractivity contribution in [3.63, 3.8) is 0 Å². The first-order chi connectivity index (χ1) is 23.4. The second-order valence-corrected chi connectivity index (χ2v) is 14.3. The number of benzene rings is 2. The number of hydrogen-bond donors (Lipinski definition) is 0. The summed E-state index contributed by atoms with van der Waals surface area (Å²) >= 11 is 0. The van der Waals surface area contributed by atoms with Gasteiger partial charge >= 0.3 is 11.6 Å². The van der Waals surface area contributed by atoms with E-state index in [4.69, 9.17) is 37.3 Å². The molecule has 0 radical (unpaired) electrons. The Morgan fingerprint density at radius 1 is 0.837 bits per heavy atom. The summed E-state index contributed by atoms with van der Waals surface area (Å²) in [7, 11) is 0. The second kappa shape index (κ2) is 12.9. The van der Waals surface area contributed by atoms with Gasteiger partial charge in [-0.3, -0.25) is 0 Å². The van der Waals surface area contributed by atoms with Gasteiger partial charge in [-0.1, -0.05) is 11.1 Å². The Morgan fingerprint density at radius 2 is 1.53 bits per heavy atom. The molecular formula is C40H44O9. The fraction of sp³-hybridized carbons (Fsp3) is 0.425. The van der Waals surface area contributed by atoms with Crippen molar-refractivity contribution in [2.75, 3.05) is 13.2 Å². The highest BCUT2D eigenvalue weighted by Gasteiger charge is 2.54. The van der Waals surface area contributed by atoms with Crippen LogP contribution in [0.1, 0.15) is 72.8 Å². The van der Waals surface area contributed by atoms with E-state index < -0.39 is 11.6 Å². The van der Waals surface area contributed by atoms with Crippen LogP contribution in [0.15, 0.2) is 91.7 Å². The minimum absolute atomic E-state index is 0.00721. The van der Waals surface area contributed by atoms with Crippen molar-refractivity contribution in [1.29, 1.82) is 0 Å². The van der Waals surface area contributed by atoms with E-state index in [2.05, 4.69) is 33.8 Å². The lowest BCUT2D eigenvalue weighted by atomic mass is 9.96. The van der Waals surface area contributed by atoms with Gasteiger partial charge in [0.25, 0.3) is 0 Å². The van der Waals surface area contributed by atoms with Gasteiger partial charge in [0.05, 0.1) is 40.6 Å². The van der Waals surface area contributed by atoms with E-state index in [1.165, 1.54) is 11.6 Å². The molecule has 3 atom stereocenters. The molecule has 5 heterocycles. The first-order valence-electron chi connectivity index (χ1n) is 17.0. The first kappa shape index (κ1) is 33.2. The molecule has 4 aromatic rings. The maximum atomic E-state index is 11.6. The minimum atomic E-state index is -1.36. The van der Waals surface area contributed by atoms with Gasteiger partial charge in [-0.15, -0.1) is 0 Å². The van der Waals surface area contributed by atoms with E-state index in [1.54, 1.807) is 18.4 Å². The van der Waals surface area contributed by atoms with Crippen molar-refractivity contribution in [2.45, 2.75) is 96.6 Å². The quantitative estimate of drug-likeness (QED) is 0.0832. The smallest absolute Gasteiger partial charge is 0.350 e. The van der Waals surface area contributed by atoms with Crippen LogP contribution in [-0.4, -0.2) is 42.6 Å². The molecular weight excluding hydrogens is 624 g/mol. The highest BCUT2D eigenvalue weighted by atomic mass is 16.9. The van der Waals surface area contributed by atoms with Crippen molar-refractivity contribution in [1.82, 2.24) is 0 Å². The monoisotopic (exact) mass is 668 g/mol. The summed E-state index contributed by atoms with van der Waals surface area (Å²) in [4.78, 5) is 11.6. The lowest BCUT2D eigenvalue weighted by Gasteiger charge is -2.30. The Kier molecular flexibility index (Phi) is 8.71. The van der Waals surface area contributed by atoms with E-state index in [9.17, 15) is 4.79 Å². The van der Waals surface area contributed by atoms with Crippen LogP contribution >= 0.6 is 0 Å². The number of fused-ring (bicyclic) bond motifs is 3. The highest BCUT2D eigenvalue weighted by Crippen LogP contribution is 2.48. The highest BCUT2D eigenvalue weighted by molar-refractivity contribution is 5.91. The topological polar surface area (TPSA) is 102 Å². The maximum absolute atomic E-state index is 11.6. The van der Waals surface area contributed by atoms with Gasteiger partial charge in [0.15, 0.2) is 0 Å². The molecule has 0 saturated carbocycles. The number of furan rings is 1. The van der Waals surface area contributed by atoms with Crippen LogP contribution in [-0.2, 0) is 14.2 Å². The lowest BCUT2D eigenvalue weighted by molar-refractivity contribution is -0.270. The van der Waals surface area contributed by atoms with Gasteiger partial charge in [-0.25, -0.2) is 4.79 Å². The zero-order valence-corrected chi connectivity index (χ0v) is 29.0. The molecule has 3 aliphatic heterocycles.